The number of amides is 3. The van der Waals surface area contributed by atoms with Gasteiger partial charge in [-0.15, -0.1) is 0 Å². The van der Waals surface area contributed by atoms with Gasteiger partial charge in [-0.25, -0.2) is 4.79 Å². The van der Waals surface area contributed by atoms with Crippen LogP contribution in [0.25, 0.3) is 0 Å². The first kappa shape index (κ1) is 16.5. The maximum Gasteiger partial charge on any atom is 0.324 e. The molecule has 1 heterocycles. The van der Waals surface area contributed by atoms with E-state index in [1.54, 1.807) is 11.8 Å². The van der Waals surface area contributed by atoms with Crippen molar-refractivity contribution in [1.29, 1.82) is 0 Å². The highest BCUT2D eigenvalue weighted by atomic mass is 16.4. The van der Waals surface area contributed by atoms with Gasteiger partial charge in [-0.1, -0.05) is 20.8 Å². The Kier molecular flexibility index (Phi) is 5.53. The summed E-state index contributed by atoms with van der Waals surface area (Å²) in [6.45, 7) is 7.18. The first-order chi connectivity index (χ1) is 9.19. The molecule has 114 valence electrons. The number of carbonyl (C=O) groups excluding carboxylic acids is 2. The van der Waals surface area contributed by atoms with Crippen LogP contribution in [-0.2, 0) is 9.59 Å². The number of urea groups is 1. The molecule has 6 nitrogen and oxygen atoms in total. The molecular weight excluding hydrogens is 260 g/mol. The van der Waals surface area contributed by atoms with Crippen LogP contribution in [-0.4, -0.2) is 41.0 Å². The fourth-order valence-electron chi connectivity index (χ4n) is 2.53. The molecule has 1 saturated heterocycles. The Balaban J connectivity index is 2.41. The smallest absolute Gasteiger partial charge is 0.324 e. The van der Waals surface area contributed by atoms with Crippen molar-refractivity contribution in [3.05, 3.63) is 0 Å². The van der Waals surface area contributed by atoms with Crippen LogP contribution >= 0.6 is 0 Å². The molecule has 0 saturated carbocycles. The van der Waals surface area contributed by atoms with Gasteiger partial charge in [0, 0.05) is 25.9 Å². The Morgan fingerprint density at radius 1 is 1.30 bits per heavy atom. The Morgan fingerprint density at radius 2 is 1.95 bits per heavy atom. The van der Waals surface area contributed by atoms with Crippen LogP contribution in [0.2, 0.25) is 0 Å². The standard InChI is InChI=1S/C14H24N2O4/c1-10(8-12(18)19)7-11(17)15-13(20)16-6-4-5-14(2,3)9-16/h10H,4-9H2,1-3H3,(H,18,19)(H,15,17,20). The number of rotatable bonds is 4. The second-order valence-electron chi connectivity index (χ2n) is 6.45. The lowest BCUT2D eigenvalue weighted by molar-refractivity contribution is -0.138. The third kappa shape index (κ3) is 5.59. The molecule has 0 radical (unpaired) electrons. The molecule has 0 aromatic carbocycles. The quantitative estimate of drug-likeness (QED) is 0.824. The van der Waals surface area contributed by atoms with Crippen LogP contribution in [0, 0.1) is 11.3 Å². The molecular formula is C14H24N2O4. The van der Waals surface area contributed by atoms with Gasteiger partial charge in [0.05, 0.1) is 0 Å². The third-order valence-corrected chi connectivity index (χ3v) is 3.49. The fourth-order valence-corrected chi connectivity index (χ4v) is 2.53. The van der Waals surface area contributed by atoms with E-state index in [0.717, 1.165) is 12.8 Å². The zero-order chi connectivity index (χ0) is 15.3. The Labute approximate surface area is 119 Å². The predicted octanol–water partition coefficient (Wildman–Crippen LogP) is 1.85. The number of carbonyl (C=O) groups is 3. The van der Waals surface area contributed by atoms with Crippen LogP contribution < -0.4 is 5.32 Å². The number of piperidine rings is 1. The minimum absolute atomic E-state index is 0.0509. The van der Waals surface area contributed by atoms with Crippen molar-refractivity contribution < 1.29 is 19.5 Å². The van der Waals surface area contributed by atoms with Gasteiger partial charge in [0.25, 0.3) is 0 Å². The molecule has 3 amide bonds. The third-order valence-electron chi connectivity index (χ3n) is 3.49. The average molecular weight is 284 g/mol. The molecule has 2 N–H and O–H groups in total. The Hall–Kier alpha value is -1.59. The summed E-state index contributed by atoms with van der Waals surface area (Å²) in [5, 5.41) is 11.0. The second-order valence-corrected chi connectivity index (χ2v) is 6.45. The van der Waals surface area contributed by atoms with Crippen LogP contribution in [0.3, 0.4) is 0 Å². The number of carboxylic acids is 1. The zero-order valence-corrected chi connectivity index (χ0v) is 12.4. The molecule has 1 aliphatic rings. The van der Waals surface area contributed by atoms with Gasteiger partial charge in [0.1, 0.15) is 0 Å². The first-order valence-corrected chi connectivity index (χ1v) is 7.00. The summed E-state index contributed by atoms with van der Waals surface area (Å²) >= 11 is 0. The van der Waals surface area contributed by atoms with Gasteiger partial charge in [-0.2, -0.15) is 0 Å². The molecule has 0 spiro atoms. The lowest BCUT2D eigenvalue weighted by Gasteiger charge is -2.37. The van der Waals surface area contributed by atoms with E-state index in [4.69, 9.17) is 5.11 Å². The molecule has 0 aliphatic carbocycles. The van der Waals surface area contributed by atoms with Crippen LogP contribution in [0.1, 0.15) is 46.5 Å². The van der Waals surface area contributed by atoms with Gasteiger partial charge in [0.2, 0.25) is 5.91 Å². The molecule has 1 aliphatic heterocycles. The molecule has 1 unspecified atom stereocenters. The van der Waals surface area contributed by atoms with Crippen LogP contribution in [0.4, 0.5) is 4.79 Å². The average Bonchev–Trinajstić information content (AvgIpc) is 2.25. The number of nitrogens with one attached hydrogen (secondary N) is 1. The van der Waals surface area contributed by atoms with Gasteiger partial charge in [0.15, 0.2) is 0 Å². The number of likely N-dealkylation sites (tertiary alicyclic amines) is 1. The van der Waals surface area contributed by atoms with E-state index in [0.29, 0.717) is 13.1 Å². The number of nitrogens with zero attached hydrogens (tertiary/aromatic N) is 1. The normalized spacial score (nSPS) is 19.2. The van der Waals surface area contributed by atoms with Gasteiger partial charge >= 0.3 is 12.0 Å². The van der Waals surface area contributed by atoms with Gasteiger partial charge in [-0.3, -0.25) is 14.9 Å². The van der Waals surface area contributed by atoms with Gasteiger partial charge in [-0.05, 0) is 24.2 Å². The first-order valence-electron chi connectivity index (χ1n) is 7.00. The van der Waals surface area contributed by atoms with Crippen molar-refractivity contribution in [1.82, 2.24) is 10.2 Å². The highest BCUT2D eigenvalue weighted by molar-refractivity contribution is 5.94. The van der Waals surface area contributed by atoms with Crippen molar-refractivity contribution in [2.45, 2.75) is 46.5 Å². The molecule has 0 bridgehead atoms. The monoisotopic (exact) mass is 284 g/mol. The number of hydrogen-bond acceptors (Lipinski definition) is 3. The Bertz CT molecular complexity index is 393. The van der Waals surface area contributed by atoms with Crippen LogP contribution in [0.5, 0.6) is 0 Å². The second kappa shape index (κ2) is 6.72. The largest absolute Gasteiger partial charge is 0.481 e. The van der Waals surface area contributed by atoms with Crippen molar-refractivity contribution in [2.24, 2.45) is 11.3 Å². The molecule has 20 heavy (non-hydrogen) atoms. The lowest BCUT2D eigenvalue weighted by atomic mass is 9.84. The molecule has 6 heteroatoms. The summed E-state index contributed by atoms with van der Waals surface area (Å²) in [6.07, 6.45) is 1.98. The van der Waals surface area contributed by atoms with Crippen molar-refractivity contribution >= 4 is 17.9 Å². The topological polar surface area (TPSA) is 86.7 Å². The number of hydrogen-bond donors (Lipinski definition) is 2. The summed E-state index contributed by atoms with van der Waals surface area (Å²) in [6, 6.07) is -0.370. The number of imide groups is 1. The van der Waals surface area contributed by atoms with E-state index in [-0.39, 0.29) is 30.2 Å². The van der Waals surface area contributed by atoms with Crippen molar-refractivity contribution in [3.63, 3.8) is 0 Å². The summed E-state index contributed by atoms with van der Waals surface area (Å²) in [7, 11) is 0. The van der Waals surface area contributed by atoms with E-state index < -0.39 is 11.9 Å². The highest BCUT2D eigenvalue weighted by Gasteiger charge is 2.29. The zero-order valence-electron chi connectivity index (χ0n) is 12.4. The summed E-state index contributed by atoms with van der Waals surface area (Å²) in [4.78, 5) is 35.9. The number of aliphatic carboxylic acids is 1. The van der Waals surface area contributed by atoms with Crippen molar-refractivity contribution in [3.8, 4) is 0 Å². The Morgan fingerprint density at radius 3 is 2.50 bits per heavy atom. The molecule has 1 atom stereocenters. The van der Waals surface area contributed by atoms with Crippen molar-refractivity contribution in [2.75, 3.05) is 13.1 Å². The highest BCUT2D eigenvalue weighted by Crippen LogP contribution is 2.28. The molecule has 0 aromatic heterocycles. The van der Waals surface area contributed by atoms with E-state index in [1.165, 1.54) is 0 Å². The summed E-state index contributed by atoms with van der Waals surface area (Å²) < 4.78 is 0. The number of carboxylic acid groups (broad SMARTS) is 1. The van der Waals surface area contributed by atoms with E-state index in [9.17, 15) is 14.4 Å². The molecule has 0 aromatic rings. The van der Waals surface area contributed by atoms with Gasteiger partial charge < -0.3 is 10.0 Å². The lowest BCUT2D eigenvalue weighted by Crippen LogP contribution is -2.49. The summed E-state index contributed by atoms with van der Waals surface area (Å²) in [5.41, 5.74) is 0.0786. The maximum absolute atomic E-state index is 12.0. The van der Waals surface area contributed by atoms with E-state index in [2.05, 4.69) is 19.2 Å². The SMILES string of the molecule is CC(CC(=O)O)CC(=O)NC(=O)N1CCCC(C)(C)C1. The minimum atomic E-state index is -0.936. The molecule has 1 rings (SSSR count). The van der Waals surface area contributed by atoms with Crippen LogP contribution in [0.15, 0.2) is 0 Å². The maximum atomic E-state index is 12.0. The minimum Gasteiger partial charge on any atom is -0.481 e. The molecule has 1 fully saturated rings. The summed E-state index contributed by atoms with van der Waals surface area (Å²) in [5.74, 6) is -1.63. The predicted molar refractivity (Wildman–Crippen MR) is 74.2 cm³/mol. The van der Waals surface area contributed by atoms with E-state index >= 15 is 0 Å². The fraction of sp³-hybridized carbons (Fsp3) is 0.786. The van der Waals surface area contributed by atoms with E-state index in [1.807, 2.05) is 0 Å².